The van der Waals surface area contributed by atoms with Crippen molar-refractivity contribution in [3.05, 3.63) is 35.9 Å². The van der Waals surface area contributed by atoms with Gasteiger partial charge in [0.1, 0.15) is 6.61 Å². The van der Waals surface area contributed by atoms with Crippen LogP contribution in [-0.2, 0) is 23.7 Å². The SMILES string of the molecule is CCC(C)COCCOCCOCCOCCOC(=O)c1ccccc1. The number of carbonyl (C=O) groups is 1. The van der Waals surface area contributed by atoms with Crippen molar-refractivity contribution in [1.82, 2.24) is 0 Å². The van der Waals surface area contributed by atoms with E-state index in [1.165, 1.54) is 0 Å². The van der Waals surface area contributed by atoms with Crippen molar-refractivity contribution in [2.24, 2.45) is 5.92 Å². The maximum Gasteiger partial charge on any atom is 0.338 e. The molecule has 0 fully saturated rings. The van der Waals surface area contributed by atoms with E-state index in [4.69, 9.17) is 23.7 Å². The highest BCUT2D eigenvalue weighted by atomic mass is 16.6. The second-order valence-electron chi connectivity index (χ2n) is 5.93. The lowest BCUT2D eigenvalue weighted by Gasteiger charge is -2.10. The van der Waals surface area contributed by atoms with Crippen LogP contribution in [-0.4, -0.2) is 65.4 Å². The average molecular weight is 368 g/mol. The van der Waals surface area contributed by atoms with Crippen molar-refractivity contribution in [2.45, 2.75) is 20.3 Å². The Morgan fingerprint density at radius 2 is 1.31 bits per heavy atom. The molecule has 0 aliphatic heterocycles. The van der Waals surface area contributed by atoms with Crippen molar-refractivity contribution >= 4 is 5.97 Å². The molecule has 1 atom stereocenters. The summed E-state index contributed by atoms with van der Waals surface area (Å²) in [7, 11) is 0. The molecule has 0 spiro atoms. The molecule has 148 valence electrons. The smallest absolute Gasteiger partial charge is 0.338 e. The third-order valence-electron chi connectivity index (χ3n) is 3.69. The van der Waals surface area contributed by atoms with Crippen molar-refractivity contribution in [3.63, 3.8) is 0 Å². The largest absolute Gasteiger partial charge is 0.460 e. The van der Waals surface area contributed by atoms with Gasteiger partial charge in [0.2, 0.25) is 0 Å². The summed E-state index contributed by atoms with van der Waals surface area (Å²) in [5.41, 5.74) is 0.543. The predicted octanol–water partition coefficient (Wildman–Crippen LogP) is 2.96. The van der Waals surface area contributed by atoms with Crippen molar-refractivity contribution < 1.29 is 28.5 Å². The molecule has 0 saturated carbocycles. The van der Waals surface area contributed by atoms with Gasteiger partial charge in [-0.15, -0.1) is 0 Å². The van der Waals surface area contributed by atoms with Crippen LogP contribution in [0.1, 0.15) is 30.6 Å². The Morgan fingerprint density at radius 1 is 0.808 bits per heavy atom. The van der Waals surface area contributed by atoms with E-state index in [2.05, 4.69) is 13.8 Å². The Kier molecular flexibility index (Phi) is 13.7. The molecule has 0 aliphatic carbocycles. The molecule has 0 saturated heterocycles. The summed E-state index contributed by atoms with van der Waals surface area (Å²) in [5.74, 6) is 0.260. The Morgan fingerprint density at radius 3 is 1.85 bits per heavy atom. The first kappa shape index (κ1) is 22.6. The molecule has 0 amide bonds. The zero-order valence-corrected chi connectivity index (χ0v) is 16.0. The number of hydrogen-bond acceptors (Lipinski definition) is 6. The van der Waals surface area contributed by atoms with Gasteiger partial charge < -0.3 is 23.7 Å². The predicted molar refractivity (Wildman–Crippen MR) is 99.5 cm³/mol. The van der Waals surface area contributed by atoms with Crippen LogP contribution in [0.4, 0.5) is 0 Å². The fraction of sp³-hybridized carbons (Fsp3) is 0.650. The number of rotatable bonds is 16. The van der Waals surface area contributed by atoms with E-state index in [0.717, 1.165) is 13.0 Å². The molecule has 0 bridgehead atoms. The first-order valence-corrected chi connectivity index (χ1v) is 9.27. The number of ether oxygens (including phenoxy) is 5. The van der Waals surface area contributed by atoms with Crippen LogP contribution in [0.5, 0.6) is 0 Å². The number of hydrogen-bond donors (Lipinski definition) is 0. The minimum atomic E-state index is -0.337. The third-order valence-corrected chi connectivity index (χ3v) is 3.69. The van der Waals surface area contributed by atoms with Crippen LogP contribution in [0.3, 0.4) is 0 Å². The quantitative estimate of drug-likeness (QED) is 0.330. The van der Waals surface area contributed by atoms with Crippen LogP contribution < -0.4 is 0 Å². The third kappa shape index (κ3) is 12.0. The van der Waals surface area contributed by atoms with Gasteiger partial charge in [0, 0.05) is 6.61 Å². The average Bonchev–Trinajstić information content (AvgIpc) is 2.68. The van der Waals surface area contributed by atoms with E-state index in [9.17, 15) is 4.79 Å². The molecule has 26 heavy (non-hydrogen) atoms. The molecule has 0 N–H and O–H groups in total. The van der Waals surface area contributed by atoms with Gasteiger partial charge in [0.25, 0.3) is 0 Å². The summed E-state index contributed by atoms with van der Waals surface area (Å²) in [6, 6.07) is 8.89. The maximum absolute atomic E-state index is 11.7. The Balaban J connectivity index is 1.79. The number of benzene rings is 1. The zero-order valence-electron chi connectivity index (χ0n) is 16.0. The number of carbonyl (C=O) groups excluding carboxylic acids is 1. The van der Waals surface area contributed by atoms with Crippen LogP contribution in [0.25, 0.3) is 0 Å². The summed E-state index contributed by atoms with van der Waals surface area (Å²) < 4.78 is 26.8. The van der Waals surface area contributed by atoms with E-state index >= 15 is 0 Å². The second-order valence-corrected chi connectivity index (χ2v) is 5.93. The monoisotopic (exact) mass is 368 g/mol. The minimum Gasteiger partial charge on any atom is -0.460 e. The summed E-state index contributed by atoms with van der Waals surface area (Å²) >= 11 is 0. The van der Waals surface area contributed by atoms with Gasteiger partial charge in [0.05, 0.1) is 51.8 Å². The Bertz CT molecular complexity index is 451. The molecule has 0 heterocycles. The minimum absolute atomic E-state index is 0.230. The number of esters is 1. The maximum atomic E-state index is 11.7. The summed E-state index contributed by atoms with van der Waals surface area (Å²) in [5, 5.41) is 0. The summed E-state index contributed by atoms with van der Waals surface area (Å²) in [4.78, 5) is 11.7. The van der Waals surface area contributed by atoms with Gasteiger partial charge in [-0.2, -0.15) is 0 Å². The van der Waals surface area contributed by atoms with Gasteiger partial charge in [-0.1, -0.05) is 38.5 Å². The fourth-order valence-corrected chi connectivity index (χ4v) is 1.91. The molecule has 1 aromatic rings. The van der Waals surface area contributed by atoms with E-state index in [1.807, 2.05) is 6.07 Å². The summed E-state index contributed by atoms with van der Waals surface area (Å²) in [6.07, 6.45) is 1.13. The first-order chi connectivity index (χ1) is 12.7. The van der Waals surface area contributed by atoms with E-state index in [1.54, 1.807) is 24.3 Å². The fourth-order valence-electron chi connectivity index (χ4n) is 1.91. The van der Waals surface area contributed by atoms with Gasteiger partial charge in [0.15, 0.2) is 0 Å². The topological polar surface area (TPSA) is 63.2 Å². The Hall–Kier alpha value is -1.47. The molecule has 1 rings (SSSR count). The first-order valence-electron chi connectivity index (χ1n) is 9.27. The van der Waals surface area contributed by atoms with Crippen LogP contribution in [0, 0.1) is 5.92 Å². The zero-order chi connectivity index (χ0) is 18.9. The van der Waals surface area contributed by atoms with E-state index < -0.39 is 0 Å². The molecular weight excluding hydrogens is 336 g/mol. The molecule has 1 unspecified atom stereocenters. The second kappa shape index (κ2) is 15.8. The molecule has 6 heteroatoms. The standard InChI is InChI=1S/C20H32O6/c1-3-18(2)17-25-14-13-23-10-9-22-11-12-24-15-16-26-20(21)19-7-5-4-6-8-19/h4-8,18H,3,9-17H2,1-2H3. The Labute approximate surface area is 156 Å². The van der Waals surface area contributed by atoms with E-state index in [0.29, 0.717) is 57.7 Å². The molecule has 0 aliphatic rings. The van der Waals surface area contributed by atoms with Gasteiger partial charge in [-0.3, -0.25) is 0 Å². The lowest BCUT2D eigenvalue weighted by Crippen LogP contribution is -2.15. The molecule has 0 radical (unpaired) electrons. The van der Waals surface area contributed by atoms with Crippen molar-refractivity contribution in [1.29, 1.82) is 0 Å². The van der Waals surface area contributed by atoms with Gasteiger partial charge >= 0.3 is 5.97 Å². The van der Waals surface area contributed by atoms with E-state index in [-0.39, 0.29) is 12.6 Å². The van der Waals surface area contributed by atoms with Crippen molar-refractivity contribution in [2.75, 3.05) is 59.5 Å². The van der Waals surface area contributed by atoms with Gasteiger partial charge in [-0.25, -0.2) is 4.79 Å². The molecule has 1 aromatic carbocycles. The lowest BCUT2D eigenvalue weighted by atomic mass is 10.1. The van der Waals surface area contributed by atoms with Gasteiger partial charge in [-0.05, 0) is 18.1 Å². The highest BCUT2D eigenvalue weighted by Gasteiger charge is 2.05. The van der Waals surface area contributed by atoms with Crippen LogP contribution in [0.2, 0.25) is 0 Å². The summed E-state index contributed by atoms with van der Waals surface area (Å²) in [6.45, 7) is 8.92. The molecule has 6 nitrogen and oxygen atoms in total. The lowest BCUT2D eigenvalue weighted by molar-refractivity contribution is -0.0113. The highest BCUT2D eigenvalue weighted by Crippen LogP contribution is 2.01. The highest BCUT2D eigenvalue weighted by molar-refractivity contribution is 5.89. The van der Waals surface area contributed by atoms with Crippen LogP contribution in [0.15, 0.2) is 30.3 Å². The normalized spacial score (nSPS) is 12.1. The van der Waals surface area contributed by atoms with Crippen LogP contribution >= 0.6 is 0 Å². The molecular formula is C20H32O6. The van der Waals surface area contributed by atoms with Crippen molar-refractivity contribution in [3.8, 4) is 0 Å². The molecule has 0 aromatic heterocycles.